The first kappa shape index (κ1) is 13.8. The van der Waals surface area contributed by atoms with Gasteiger partial charge in [0.15, 0.2) is 0 Å². The fourth-order valence-corrected chi connectivity index (χ4v) is 1.94. The SMILES string of the molecule is CNCCC(N)c1c(C)cc(OC)cc1OC. The Morgan fingerprint density at radius 3 is 2.53 bits per heavy atom. The van der Waals surface area contributed by atoms with Gasteiger partial charge in [-0.3, -0.25) is 0 Å². The maximum absolute atomic E-state index is 6.19. The van der Waals surface area contributed by atoms with Crippen LogP contribution in [0.3, 0.4) is 0 Å². The summed E-state index contributed by atoms with van der Waals surface area (Å²) in [5.41, 5.74) is 8.35. The summed E-state index contributed by atoms with van der Waals surface area (Å²) in [5, 5.41) is 3.10. The van der Waals surface area contributed by atoms with Gasteiger partial charge < -0.3 is 20.5 Å². The Kier molecular flexibility index (Phi) is 5.25. The van der Waals surface area contributed by atoms with E-state index < -0.39 is 0 Å². The predicted molar refractivity (Wildman–Crippen MR) is 69.8 cm³/mol. The largest absolute Gasteiger partial charge is 0.497 e. The van der Waals surface area contributed by atoms with Crippen LogP contribution in [0.1, 0.15) is 23.6 Å². The molecule has 0 saturated heterocycles. The van der Waals surface area contributed by atoms with Gasteiger partial charge in [-0.25, -0.2) is 0 Å². The third-order valence-corrected chi connectivity index (χ3v) is 2.85. The number of benzene rings is 1. The third kappa shape index (κ3) is 3.35. The van der Waals surface area contributed by atoms with Crippen LogP contribution in [0.15, 0.2) is 12.1 Å². The van der Waals surface area contributed by atoms with E-state index in [0.717, 1.165) is 35.6 Å². The highest BCUT2D eigenvalue weighted by Gasteiger charge is 2.15. The molecule has 3 N–H and O–H groups in total. The Morgan fingerprint density at radius 2 is 2.00 bits per heavy atom. The molecular formula is C13H22N2O2. The molecule has 96 valence electrons. The number of hydrogen-bond acceptors (Lipinski definition) is 4. The Hall–Kier alpha value is -1.26. The average Bonchev–Trinajstić information content (AvgIpc) is 2.34. The first-order valence-electron chi connectivity index (χ1n) is 5.76. The van der Waals surface area contributed by atoms with E-state index in [0.29, 0.717) is 0 Å². The molecule has 0 fully saturated rings. The van der Waals surface area contributed by atoms with Gasteiger partial charge in [0.05, 0.1) is 14.2 Å². The molecule has 0 bridgehead atoms. The van der Waals surface area contributed by atoms with Crippen molar-refractivity contribution in [3.63, 3.8) is 0 Å². The van der Waals surface area contributed by atoms with Crippen molar-refractivity contribution in [3.05, 3.63) is 23.3 Å². The molecule has 4 nitrogen and oxygen atoms in total. The number of rotatable bonds is 6. The first-order valence-corrected chi connectivity index (χ1v) is 5.76. The third-order valence-electron chi connectivity index (χ3n) is 2.85. The van der Waals surface area contributed by atoms with Crippen LogP contribution in [0.5, 0.6) is 11.5 Å². The average molecular weight is 238 g/mol. The van der Waals surface area contributed by atoms with Gasteiger partial charge in [-0.2, -0.15) is 0 Å². The van der Waals surface area contributed by atoms with Gasteiger partial charge in [0, 0.05) is 17.7 Å². The lowest BCUT2D eigenvalue weighted by molar-refractivity contribution is 0.386. The van der Waals surface area contributed by atoms with E-state index in [4.69, 9.17) is 15.2 Å². The van der Waals surface area contributed by atoms with Crippen LogP contribution in [0.4, 0.5) is 0 Å². The van der Waals surface area contributed by atoms with Gasteiger partial charge >= 0.3 is 0 Å². The van der Waals surface area contributed by atoms with E-state index in [2.05, 4.69) is 5.32 Å². The summed E-state index contributed by atoms with van der Waals surface area (Å²) < 4.78 is 10.6. The van der Waals surface area contributed by atoms with Crippen LogP contribution < -0.4 is 20.5 Å². The van der Waals surface area contributed by atoms with Crippen LogP contribution in [-0.4, -0.2) is 27.8 Å². The zero-order chi connectivity index (χ0) is 12.8. The molecule has 0 heterocycles. The summed E-state index contributed by atoms with van der Waals surface area (Å²) in [4.78, 5) is 0. The summed E-state index contributed by atoms with van der Waals surface area (Å²) in [6.45, 7) is 2.91. The van der Waals surface area contributed by atoms with E-state index in [1.807, 2.05) is 26.1 Å². The molecule has 0 saturated carbocycles. The van der Waals surface area contributed by atoms with Crippen molar-refractivity contribution < 1.29 is 9.47 Å². The van der Waals surface area contributed by atoms with Crippen molar-refractivity contribution in [2.75, 3.05) is 27.8 Å². The van der Waals surface area contributed by atoms with Crippen molar-refractivity contribution >= 4 is 0 Å². The second kappa shape index (κ2) is 6.47. The van der Waals surface area contributed by atoms with Crippen LogP contribution in [0.2, 0.25) is 0 Å². The molecule has 0 radical (unpaired) electrons. The molecule has 0 spiro atoms. The lowest BCUT2D eigenvalue weighted by Crippen LogP contribution is -2.19. The minimum absolute atomic E-state index is 0.0247. The maximum atomic E-state index is 6.19. The van der Waals surface area contributed by atoms with Crippen molar-refractivity contribution in [2.45, 2.75) is 19.4 Å². The number of nitrogens with two attached hydrogens (primary N) is 1. The molecule has 0 amide bonds. The first-order chi connectivity index (χ1) is 8.13. The van der Waals surface area contributed by atoms with Gasteiger partial charge in [0.1, 0.15) is 11.5 Å². The molecule has 4 heteroatoms. The second-order valence-corrected chi connectivity index (χ2v) is 4.06. The Labute approximate surface area is 103 Å². The number of nitrogens with one attached hydrogen (secondary N) is 1. The van der Waals surface area contributed by atoms with Gasteiger partial charge in [0.2, 0.25) is 0 Å². The lowest BCUT2D eigenvalue weighted by Gasteiger charge is -2.19. The molecule has 1 aromatic carbocycles. The molecule has 1 aromatic rings. The standard InChI is InChI=1S/C13H22N2O2/c1-9-7-10(16-3)8-12(17-4)13(9)11(14)5-6-15-2/h7-8,11,15H,5-6,14H2,1-4H3. The minimum Gasteiger partial charge on any atom is -0.497 e. The van der Waals surface area contributed by atoms with Crippen LogP contribution >= 0.6 is 0 Å². The van der Waals surface area contributed by atoms with Crippen LogP contribution in [0.25, 0.3) is 0 Å². The molecule has 0 aromatic heterocycles. The van der Waals surface area contributed by atoms with E-state index in [9.17, 15) is 0 Å². The van der Waals surface area contributed by atoms with Crippen LogP contribution in [0, 0.1) is 6.92 Å². The van der Waals surface area contributed by atoms with Crippen molar-refractivity contribution in [2.24, 2.45) is 5.73 Å². The molecule has 0 aliphatic carbocycles. The smallest absolute Gasteiger partial charge is 0.127 e. The maximum Gasteiger partial charge on any atom is 0.127 e. The monoisotopic (exact) mass is 238 g/mol. The molecule has 1 unspecified atom stereocenters. The quantitative estimate of drug-likeness (QED) is 0.790. The topological polar surface area (TPSA) is 56.5 Å². The van der Waals surface area contributed by atoms with Crippen LogP contribution in [-0.2, 0) is 0 Å². The van der Waals surface area contributed by atoms with E-state index in [1.165, 1.54) is 0 Å². The minimum atomic E-state index is -0.0247. The highest BCUT2D eigenvalue weighted by molar-refractivity contribution is 5.47. The van der Waals surface area contributed by atoms with E-state index in [1.54, 1.807) is 14.2 Å². The zero-order valence-corrected chi connectivity index (χ0v) is 11.0. The van der Waals surface area contributed by atoms with Crippen molar-refractivity contribution in [1.29, 1.82) is 0 Å². The fourth-order valence-electron chi connectivity index (χ4n) is 1.94. The summed E-state index contributed by atoms with van der Waals surface area (Å²) in [7, 11) is 5.22. The van der Waals surface area contributed by atoms with Gasteiger partial charge in [0.25, 0.3) is 0 Å². The fraction of sp³-hybridized carbons (Fsp3) is 0.538. The second-order valence-electron chi connectivity index (χ2n) is 4.06. The summed E-state index contributed by atoms with van der Waals surface area (Å²) >= 11 is 0. The predicted octanol–water partition coefficient (Wildman–Crippen LogP) is 1.62. The normalized spacial score (nSPS) is 12.3. The van der Waals surface area contributed by atoms with Gasteiger partial charge in [-0.1, -0.05) is 0 Å². The number of hydrogen-bond donors (Lipinski definition) is 2. The van der Waals surface area contributed by atoms with Gasteiger partial charge in [-0.05, 0) is 38.6 Å². The van der Waals surface area contributed by atoms with Crippen molar-refractivity contribution in [3.8, 4) is 11.5 Å². The summed E-state index contributed by atoms with van der Waals surface area (Å²) in [6, 6.07) is 3.84. The molecule has 0 aliphatic heterocycles. The van der Waals surface area contributed by atoms with Crippen molar-refractivity contribution in [1.82, 2.24) is 5.32 Å². The molecule has 17 heavy (non-hydrogen) atoms. The lowest BCUT2D eigenvalue weighted by atomic mass is 9.98. The summed E-state index contributed by atoms with van der Waals surface area (Å²) in [6.07, 6.45) is 0.875. The summed E-state index contributed by atoms with van der Waals surface area (Å²) in [5.74, 6) is 1.59. The van der Waals surface area contributed by atoms with Gasteiger partial charge in [-0.15, -0.1) is 0 Å². The number of aryl methyl sites for hydroxylation is 1. The Bertz CT molecular complexity index is 367. The highest BCUT2D eigenvalue weighted by atomic mass is 16.5. The Balaban J connectivity index is 3.04. The Morgan fingerprint density at radius 1 is 1.29 bits per heavy atom. The number of methoxy groups -OCH3 is 2. The molecular weight excluding hydrogens is 216 g/mol. The molecule has 0 aliphatic rings. The molecule has 1 atom stereocenters. The zero-order valence-electron chi connectivity index (χ0n) is 11.0. The highest BCUT2D eigenvalue weighted by Crippen LogP contribution is 2.33. The number of ether oxygens (including phenoxy) is 2. The van der Waals surface area contributed by atoms with E-state index in [-0.39, 0.29) is 6.04 Å². The van der Waals surface area contributed by atoms with E-state index >= 15 is 0 Å². The molecule has 1 rings (SSSR count).